The average molecular weight is 548 g/mol. The molecule has 0 saturated heterocycles. The van der Waals surface area contributed by atoms with Gasteiger partial charge in [0.1, 0.15) is 6.04 Å². The van der Waals surface area contributed by atoms with Crippen LogP contribution in [-0.2, 0) is 16.0 Å². The minimum atomic E-state index is -1.06. The summed E-state index contributed by atoms with van der Waals surface area (Å²) in [6.45, 7) is 0. The van der Waals surface area contributed by atoms with E-state index in [0.717, 1.165) is 42.9 Å². The van der Waals surface area contributed by atoms with Crippen molar-refractivity contribution < 1.29 is 19.5 Å². The summed E-state index contributed by atoms with van der Waals surface area (Å²) < 4.78 is 0. The van der Waals surface area contributed by atoms with Crippen LogP contribution in [0, 0.1) is 5.92 Å². The number of carboxylic acid groups (broad SMARTS) is 1. The van der Waals surface area contributed by atoms with Gasteiger partial charge in [0.2, 0.25) is 5.91 Å². The summed E-state index contributed by atoms with van der Waals surface area (Å²) in [4.78, 5) is 38.4. The van der Waals surface area contributed by atoms with Crippen molar-refractivity contribution in [3.05, 3.63) is 74.7 Å². The number of carboxylic acids is 1. The van der Waals surface area contributed by atoms with Crippen LogP contribution in [0.4, 0.5) is 5.69 Å². The molecule has 0 radical (unpaired) electrons. The molecule has 188 valence electrons. The minimum absolute atomic E-state index is 0.132. The molecule has 0 bridgehead atoms. The zero-order valence-corrected chi connectivity index (χ0v) is 21.6. The quantitative estimate of drug-likeness (QED) is 0.305. The molecule has 1 aliphatic carbocycles. The molecule has 0 heterocycles. The number of benzene rings is 3. The highest BCUT2D eigenvalue weighted by Gasteiger charge is 2.31. The van der Waals surface area contributed by atoms with Crippen molar-refractivity contribution in [2.45, 2.75) is 44.6 Å². The Bertz CT molecular complexity index is 1300. The van der Waals surface area contributed by atoms with E-state index in [9.17, 15) is 19.5 Å². The van der Waals surface area contributed by atoms with Gasteiger partial charge in [0, 0.05) is 15.1 Å². The molecule has 3 aromatic rings. The van der Waals surface area contributed by atoms with Crippen molar-refractivity contribution in [1.82, 2.24) is 5.32 Å². The number of anilines is 1. The third kappa shape index (κ3) is 6.12. The number of carbonyl (C=O) groups excluding carboxylic acids is 2. The minimum Gasteiger partial charge on any atom is -0.480 e. The topological polar surface area (TPSA) is 95.5 Å². The summed E-state index contributed by atoms with van der Waals surface area (Å²) in [5.74, 6) is -2.19. The second-order valence-corrected chi connectivity index (χ2v) is 10.3. The Morgan fingerprint density at radius 3 is 2.14 bits per heavy atom. The van der Waals surface area contributed by atoms with Gasteiger partial charge in [-0.25, -0.2) is 4.79 Å². The van der Waals surface area contributed by atoms with E-state index in [-0.39, 0.29) is 33.6 Å². The number of hydrogen-bond acceptors (Lipinski definition) is 3. The molecule has 4 rings (SSSR count). The number of aliphatic carboxylic acids is 1. The van der Waals surface area contributed by atoms with Crippen LogP contribution >= 0.6 is 34.8 Å². The van der Waals surface area contributed by atoms with E-state index in [1.807, 2.05) is 24.3 Å². The van der Waals surface area contributed by atoms with Gasteiger partial charge in [0.15, 0.2) is 0 Å². The van der Waals surface area contributed by atoms with E-state index in [2.05, 4.69) is 10.6 Å². The lowest BCUT2D eigenvalue weighted by molar-refractivity contribution is -0.141. The van der Waals surface area contributed by atoms with Crippen LogP contribution < -0.4 is 10.6 Å². The molecule has 3 aromatic carbocycles. The van der Waals surface area contributed by atoms with Gasteiger partial charge in [-0.3, -0.25) is 9.59 Å². The molecule has 0 aliphatic heterocycles. The highest BCUT2D eigenvalue weighted by molar-refractivity contribution is 6.39. The number of carbonyl (C=O) groups is 3. The van der Waals surface area contributed by atoms with E-state index < -0.39 is 23.8 Å². The van der Waals surface area contributed by atoms with Crippen LogP contribution in [0.25, 0.3) is 10.8 Å². The zero-order chi connectivity index (χ0) is 25.8. The molecule has 2 amide bonds. The molecular formula is C27H25Cl3N2O4. The smallest absolute Gasteiger partial charge is 0.326 e. The van der Waals surface area contributed by atoms with Crippen molar-refractivity contribution in [2.75, 3.05) is 5.32 Å². The second kappa shape index (κ2) is 11.5. The van der Waals surface area contributed by atoms with Gasteiger partial charge in [-0.1, -0.05) is 78.3 Å². The number of hydrogen-bond donors (Lipinski definition) is 3. The highest BCUT2D eigenvalue weighted by Crippen LogP contribution is 2.31. The van der Waals surface area contributed by atoms with Crippen molar-refractivity contribution in [3.8, 4) is 0 Å². The lowest BCUT2D eigenvalue weighted by atomic mass is 9.83. The zero-order valence-electron chi connectivity index (χ0n) is 19.3. The predicted molar refractivity (Wildman–Crippen MR) is 143 cm³/mol. The molecule has 36 heavy (non-hydrogen) atoms. The van der Waals surface area contributed by atoms with Crippen LogP contribution in [0.5, 0.6) is 0 Å². The Hall–Kier alpha value is -2.80. The first-order valence-electron chi connectivity index (χ1n) is 11.7. The maximum absolute atomic E-state index is 13.4. The SMILES string of the molecule is O=C(Cc1c(Cl)cc(Cl)cc1Cl)Nc1cc2ccccc2cc1C(=O)N[C@H](C(=O)O)C1CCCCC1. The van der Waals surface area contributed by atoms with Gasteiger partial charge >= 0.3 is 5.97 Å². The summed E-state index contributed by atoms with van der Waals surface area (Å²) in [6.07, 6.45) is 4.32. The fourth-order valence-corrected chi connectivity index (χ4v) is 5.65. The van der Waals surface area contributed by atoms with E-state index in [0.29, 0.717) is 10.6 Å². The van der Waals surface area contributed by atoms with E-state index in [4.69, 9.17) is 34.8 Å². The van der Waals surface area contributed by atoms with Crippen molar-refractivity contribution in [1.29, 1.82) is 0 Å². The van der Waals surface area contributed by atoms with Gasteiger partial charge in [-0.05, 0) is 59.4 Å². The van der Waals surface area contributed by atoms with Crippen LogP contribution in [0.3, 0.4) is 0 Å². The fraction of sp³-hybridized carbons (Fsp3) is 0.296. The monoisotopic (exact) mass is 546 g/mol. The Labute approximate surface area is 223 Å². The Morgan fingerprint density at radius 2 is 1.53 bits per heavy atom. The third-order valence-electron chi connectivity index (χ3n) is 6.52. The molecule has 9 heteroatoms. The van der Waals surface area contributed by atoms with Crippen LogP contribution in [0.1, 0.15) is 48.0 Å². The molecule has 0 unspecified atom stereocenters. The van der Waals surface area contributed by atoms with Crippen molar-refractivity contribution in [2.24, 2.45) is 5.92 Å². The molecule has 0 spiro atoms. The number of rotatable bonds is 7. The number of amides is 2. The average Bonchev–Trinajstić information content (AvgIpc) is 2.84. The fourth-order valence-electron chi connectivity index (χ4n) is 4.70. The van der Waals surface area contributed by atoms with E-state index in [1.54, 1.807) is 12.1 Å². The Kier molecular flexibility index (Phi) is 8.39. The first kappa shape index (κ1) is 26.3. The Morgan fingerprint density at radius 1 is 0.917 bits per heavy atom. The molecule has 1 aliphatic rings. The van der Waals surface area contributed by atoms with Gasteiger partial charge in [-0.15, -0.1) is 0 Å². The van der Waals surface area contributed by atoms with Gasteiger partial charge in [0.05, 0.1) is 17.7 Å². The Balaban J connectivity index is 1.63. The van der Waals surface area contributed by atoms with E-state index >= 15 is 0 Å². The largest absolute Gasteiger partial charge is 0.480 e. The first-order valence-corrected chi connectivity index (χ1v) is 12.9. The maximum atomic E-state index is 13.4. The maximum Gasteiger partial charge on any atom is 0.326 e. The molecule has 1 fully saturated rings. The molecule has 0 aromatic heterocycles. The standard InChI is InChI=1S/C27H25Cl3N2O4/c28-18-12-21(29)19(22(30)13-18)14-24(33)31-23-11-17-9-5-4-8-16(17)10-20(23)26(34)32-25(27(35)36)15-6-2-1-3-7-15/h4-5,8-13,15,25H,1-3,6-7,14H2,(H,31,33)(H,32,34)(H,35,36)/t25-/m0/s1. The number of fused-ring (bicyclic) bond motifs is 1. The predicted octanol–water partition coefficient (Wildman–Crippen LogP) is 6.74. The summed E-state index contributed by atoms with van der Waals surface area (Å²) in [5.41, 5.74) is 0.859. The molecule has 3 N–H and O–H groups in total. The lowest BCUT2D eigenvalue weighted by Gasteiger charge is -2.28. The summed E-state index contributed by atoms with van der Waals surface area (Å²) >= 11 is 18.4. The highest BCUT2D eigenvalue weighted by atomic mass is 35.5. The third-order valence-corrected chi connectivity index (χ3v) is 7.41. The van der Waals surface area contributed by atoms with Gasteiger partial charge in [-0.2, -0.15) is 0 Å². The summed E-state index contributed by atoms with van der Waals surface area (Å²) in [6, 6.07) is 12.8. The molecule has 1 atom stereocenters. The first-order chi connectivity index (χ1) is 17.2. The number of nitrogens with one attached hydrogen (secondary N) is 2. The van der Waals surface area contributed by atoms with Crippen LogP contribution in [-0.4, -0.2) is 28.9 Å². The van der Waals surface area contributed by atoms with Crippen molar-refractivity contribution >= 4 is 69.0 Å². The summed E-state index contributed by atoms with van der Waals surface area (Å²) in [7, 11) is 0. The van der Waals surface area contributed by atoms with Gasteiger partial charge in [0.25, 0.3) is 5.91 Å². The van der Waals surface area contributed by atoms with Crippen molar-refractivity contribution in [3.63, 3.8) is 0 Å². The molecule has 6 nitrogen and oxygen atoms in total. The molecule has 1 saturated carbocycles. The van der Waals surface area contributed by atoms with E-state index in [1.165, 1.54) is 12.1 Å². The van der Waals surface area contributed by atoms with Crippen LogP contribution in [0.2, 0.25) is 15.1 Å². The van der Waals surface area contributed by atoms with Crippen LogP contribution in [0.15, 0.2) is 48.5 Å². The second-order valence-electron chi connectivity index (χ2n) is 9.01. The number of halogens is 3. The normalized spacial score (nSPS) is 14.9. The molecular weight excluding hydrogens is 523 g/mol. The summed E-state index contributed by atoms with van der Waals surface area (Å²) in [5, 5.41) is 17.8. The van der Waals surface area contributed by atoms with Gasteiger partial charge < -0.3 is 15.7 Å². The lowest BCUT2D eigenvalue weighted by Crippen LogP contribution is -2.46.